The number of carbonyl (C=O) groups excluding carboxylic acids is 2. The van der Waals surface area contributed by atoms with E-state index in [1.54, 1.807) is 21.0 Å². The number of nitrogens with one attached hydrogen (secondary N) is 2. The topological polar surface area (TPSA) is 67.4 Å². The van der Waals surface area contributed by atoms with Crippen LogP contribution >= 0.6 is 0 Å². The van der Waals surface area contributed by atoms with Crippen LogP contribution in [-0.4, -0.2) is 25.5 Å². The lowest BCUT2D eigenvalue weighted by Crippen LogP contribution is -2.48. The highest BCUT2D eigenvalue weighted by Gasteiger charge is 2.35. The van der Waals surface area contributed by atoms with Gasteiger partial charge in [-0.15, -0.1) is 0 Å². The van der Waals surface area contributed by atoms with E-state index in [1.807, 2.05) is 55.5 Å². The Labute approximate surface area is 161 Å². The van der Waals surface area contributed by atoms with Gasteiger partial charge in [0, 0.05) is 13.1 Å². The lowest BCUT2D eigenvalue weighted by Gasteiger charge is -2.23. The van der Waals surface area contributed by atoms with E-state index in [1.165, 1.54) is 5.56 Å². The second-order valence-electron chi connectivity index (χ2n) is 7.15. The van der Waals surface area contributed by atoms with Gasteiger partial charge in [-0.05, 0) is 50.5 Å². The highest BCUT2D eigenvalue weighted by molar-refractivity contribution is 6.04. The maximum Gasteiger partial charge on any atom is 0.235 e. The third-order valence-electron chi connectivity index (χ3n) is 4.54. The number of rotatable bonds is 8. The Kier molecular flexibility index (Phi) is 6.99. The van der Waals surface area contributed by atoms with Gasteiger partial charge in [0.15, 0.2) is 0 Å². The fraction of sp³-hybridized carbons (Fsp3) is 0.364. The summed E-state index contributed by atoms with van der Waals surface area (Å²) in [5, 5.41) is 5.70. The first-order chi connectivity index (χ1) is 12.8. The van der Waals surface area contributed by atoms with E-state index in [9.17, 15) is 9.59 Å². The van der Waals surface area contributed by atoms with E-state index >= 15 is 0 Å². The van der Waals surface area contributed by atoms with Crippen molar-refractivity contribution in [3.05, 3.63) is 65.2 Å². The SMILES string of the molecule is COc1cccc(CCNC(=O)C(C)(C)C(=O)NCc2ccc(C)cc2)c1. The lowest BCUT2D eigenvalue weighted by atomic mass is 9.91. The molecule has 27 heavy (non-hydrogen) atoms. The van der Waals surface area contributed by atoms with Crippen molar-refractivity contribution in [2.24, 2.45) is 5.41 Å². The molecule has 2 aromatic carbocycles. The minimum atomic E-state index is -1.14. The third-order valence-corrected chi connectivity index (χ3v) is 4.54. The minimum Gasteiger partial charge on any atom is -0.497 e. The molecular formula is C22H28N2O3. The van der Waals surface area contributed by atoms with Crippen molar-refractivity contribution in [2.75, 3.05) is 13.7 Å². The molecule has 0 saturated heterocycles. The van der Waals surface area contributed by atoms with Crippen molar-refractivity contribution in [2.45, 2.75) is 33.7 Å². The van der Waals surface area contributed by atoms with Gasteiger partial charge in [0.1, 0.15) is 11.2 Å². The number of methoxy groups -OCH3 is 1. The average Bonchev–Trinajstić information content (AvgIpc) is 2.67. The van der Waals surface area contributed by atoms with Crippen LogP contribution in [0.25, 0.3) is 0 Å². The van der Waals surface area contributed by atoms with Crippen LogP contribution in [0.1, 0.15) is 30.5 Å². The number of benzene rings is 2. The zero-order chi connectivity index (χ0) is 19.9. The van der Waals surface area contributed by atoms with Gasteiger partial charge in [-0.2, -0.15) is 0 Å². The average molecular weight is 368 g/mol. The summed E-state index contributed by atoms with van der Waals surface area (Å²) >= 11 is 0. The Balaban J connectivity index is 1.83. The van der Waals surface area contributed by atoms with Gasteiger partial charge in [0.25, 0.3) is 0 Å². The van der Waals surface area contributed by atoms with E-state index < -0.39 is 5.41 Å². The third kappa shape index (κ3) is 5.84. The zero-order valence-corrected chi connectivity index (χ0v) is 16.5. The predicted molar refractivity (Wildman–Crippen MR) is 107 cm³/mol. The summed E-state index contributed by atoms with van der Waals surface area (Å²) in [6.45, 7) is 6.15. The molecule has 0 spiro atoms. The van der Waals surface area contributed by atoms with Crippen LogP contribution in [0, 0.1) is 12.3 Å². The predicted octanol–water partition coefficient (Wildman–Crippen LogP) is 3.00. The molecule has 0 radical (unpaired) electrons. The van der Waals surface area contributed by atoms with Gasteiger partial charge in [-0.3, -0.25) is 9.59 Å². The second kappa shape index (κ2) is 9.21. The first-order valence-corrected chi connectivity index (χ1v) is 9.08. The van der Waals surface area contributed by atoms with Gasteiger partial charge in [-0.25, -0.2) is 0 Å². The molecule has 0 saturated carbocycles. The van der Waals surface area contributed by atoms with E-state index in [0.717, 1.165) is 16.9 Å². The van der Waals surface area contributed by atoms with E-state index in [2.05, 4.69) is 10.6 Å². The smallest absolute Gasteiger partial charge is 0.235 e. The molecule has 0 heterocycles. The van der Waals surface area contributed by atoms with Crippen LogP contribution in [0.15, 0.2) is 48.5 Å². The summed E-state index contributed by atoms with van der Waals surface area (Å²) < 4.78 is 5.20. The largest absolute Gasteiger partial charge is 0.497 e. The van der Waals surface area contributed by atoms with Crippen molar-refractivity contribution in [3.63, 3.8) is 0 Å². The van der Waals surface area contributed by atoms with Gasteiger partial charge < -0.3 is 15.4 Å². The van der Waals surface area contributed by atoms with Crippen LogP contribution in [0.3, 0.4) is 0 Å². The van der Waals surface area contributed by atoms with Crippen molar-refractivity contribution in [1.29, 1.82) is 0 Å². The zero-order valence-electron chi connectivity index (χ0n) is 16.5. The Bertz CT molecular complexity index is 782. The molecule has 5 nitrogen and oxygen atoms in total. The first kappa shape index (κ1) is 20.5. The molecule has 0 unspecified atom stereocenters. The molecule has 0 aliphatic carbocycles. The van der Waals surface area contributed by atoms with Crippen molar-refractivity contribution in [1.82, 2.24) is 10.6 Å². The molecular weight excluding hydrogens is 340 g/mol. The van der Waals surface area contributed by atoms with E-state index in [0.29, 0.717) is 19.5 Å². The molecule has 5 heteroatoms. The van der Waals surface area contributed by atoms with Crippen LogP contribution in [0.2, 0.25) is 0 Å². The molecule has 0 atom stereocenters. The van der Waals surface area contributed by atoms with Crippen LogP contribution in [-0.2, 0) is 22.6 Å². The fourth-order valence-corrected chi connectivity index (χ4v) is 2.58. The number of aryl methyl sites for hydroxylation is 1. The first-order valence-electron chi connectivity index (χ1n) is 9.08. The van der Waals surface area contributed by atoms with Crippen molar-refractivity contribution >= 4 is 11.8 Å². The van der Waals surface area contributed by atoms with Crippen molar-refractivity contribution < 1.29 is 14.3 Å². The maximum atomic E-state index is 12.5. The number of ether oxygens (including phenoxy) is 1. The normalized spacial score (nSPS) is 11.0. The standard InChI is InChI=1S/C22H28N2O3/c1-16-8-10-18(11-9-16)15-24-21(26)22(2,3)20(25)23-13-12-17-6-5-7-19(14-17)27-4/h5-11,14H,12-13,15H2,1-4H3,(H,23,25)(H,24,26). The number of hydrogen-bond donors (Lipinski definition) is 2. The van der Waals surface area contributed by atoms with E-state index in [4.69, 9.17) is 4.74 Å². The molecule has 0 bridgehead atoms. The summed E-state index contributed by atoms with van der Waals surface area (Å²) in [6.07, 6.45) is 0.671. The van der Waals surface area contributed by atoms with Crippen LogP contribution in [0.4, 0.5) is 0 Å². The second-order valence-corrected chi connectivity index (χ2v) is 7.15. The molecule has 0 aliphatic heterocycles. The molecule has 2 amide bonds. The Morgan fingerprint density at radius 2 is 1.63 bits per heavy atom. The van der Waals surface area contributed by atoms with Gasteiger partial charge in [-0.1, -0.05) is 42.0 Å². The molecule has 2 aromatic rings. The number of carbonyl (C=O) groups is 2. The molecule has 2 rings (SSSR count). The molecule has 144 valence electrons. The summed E-state index contributed by atoms with van der Waals surface area (Å²) in [6, 6.07) is 15.6. The number of hydrogen-bond acceptors (Lipinski definition) is 3. The Hall–Kier alpha value is -2.82. The van der Waals surface area contributed by atoms with Crippen LogP contribution < -0.4 is 15.4 Å². The summed E-state index contributed by atoms with van der Waals surface area (Å²) in [5.41, 5.74) is 2.10. The minimum absolute atomic E-state index is 0.285. The molecule has 0 fully saturated rings. The quantitative estimate of drug-likeness (QED) is 0.704. The Morgan fingerprint density at radius 3 is 2.30 bits per heavy atom. The van der Waals surface area contributed by atoms with Gasteiger partial charge >= 0.3 is 0 Å². The van der Waals surface area contributed by atoms with Crippen molar-refractivity contribution in [3.8, 4) is 5.75 Å². The van der Waals surface area contributed by atoms with Crippen LogP contribution in [0.5, 0.6) is 5.75 Å². The molecule has 0 aromatic heterocycles. The van der Waals surface area contributed by atoms with Gasteiger partial charge in [0.05, 0.1) is 7.11 Å². The Morgan fingerprint density at radius 1 is 0.963 bits per heavy atom. The van der Waals surface area contributed by atoms with E-state index in [-0.39, 0.29) is 11.8 Å². The molecule has 0 aliphatic rings. The highest BCUT2D eigenvalue weighted by atomic mass is 16.5. The monoisotopic (exact) mass is 368 g/mol. The summed E-state index contributed by atoms with van der Waals surface area (Å²) in [5.74, 6) is 0.211. The fourth-order valence-electron chi connectivity index (χ4n) is 2.58. The lowest BCUT2D eigenvalue weighted by molar-refractivity contribution is -0.141. The van der Waals surface area contributed by atoms with Gasteiger partial charge in [0.2, 0.25) is 11.8 Å². The number of amides is 2. The highest BCUT2D eigenvalue weighted by Crippen LogP contribution is 2.17. The molecule has 2 N–H and O–H groups in total. The summed E-state index contributed by atoms with van der Waals surface area (Å²) in [7, 11) is 1.62. The maximum absolute atomic E-state index is 12.5. The summed E-state index contributed by atoms with van der Waals surface area (Å²) in [4.78, 5) is 25.0.